The van der Waals surface area contributed by atoms with Crippen LogP contribution in [0.25, 0.3) is 0 Å². The molecule has 1 aliphatic heterocycles. The zero-order valence-corrected chi connectivity index (χ0v) is 14.3. The Morgan fingerprint density at radius 1 is 1.25 bits per heavy atom. The summed E-state index contributed by atoms with van der Waals surface area (Å²) in [5, 5.41) is 9.37. The van der Waals surface area contributed by atoms with E-state index in [4.69, 9.17) is 0 Å². The van der Waals surface area contributed by atoms with Gasteiger partial charge in [-0.25, -0.2) is 4.79 Å². The molecule has 110 valence electrons. The summed E-state index contributed by atoms with van der Waals surface area (Å²) in [5.74, 6) is 0. The van der Waals surface area contributed by atoms with Crippen molar-refractivity contribution in [2.24, 2.45) is 5.41 Å². The lowest BCUT2D eigenvalue weighted by Crippen LogP contribution is -2.59. The summed E-state index contributed by atoms with van der Waals surface area (Å²) in [6.07, 6.45) is -0.813. The molecule has 1 aliphatic rings. The van der Waals surface area contributed by atoms with E-state index in [1.165, 1.54) is 9.26 Å². The standard InChI is InChI=1S/C15H21IN2O2/c1-15(2,3)13-10-17(8-9-18(13)14(19)20)12-6-4-11(16)5-7-12/h4-7,13H,8-10H2,1-3H3,(H,19,20). The summed E-state index contributed by atoms with van der Waals surface area (Å²) >= 11 is 2.29. The SMILES string of the molecule is CC(C)(C)C1CN(c2ccc(I)cc2)CCN1C(=O)O. The fraction of sp³-hybridized carbons (Fsp3) is 0.533. The van der Waals surface area contributed by atoms with Crippen molar-refractivity contribution >= 4 is 34.4 Å². The molecule has 1 atom stereocenters. The van der Waals surface area contributed by atoms with E-state index in [-0.39, 0.29) is 11.5 Å². The lowest BCUT2D eigenvalue weighted by atomic mass is 9.84. The van der Waals surface area contributed by atoms with Crippen LogP contribution in [0.2, 0.25) is 0 Å². The average molecular weight is 388 g/mol. The van der Waals surface area contributed by atoms with Gasteiger partial charge in [0.25, 0.3) is 0 Å². The second-order valence-corrected chi connectivity index (χ2v) is 7.53. The van der Waals surface area contributed by atoms with Crippen molar-refractivity contribution in [3.05, 3.63) is 27.8 Å². The molecule has 0 aliphatic carbocycles. The fourth-order valence-electron chi connectivity index (χ4n) is 2.64. The van der Waals surface area contributed by atoms with E-state index in [9.17, 15) is 9.90 Å². The van der Waals surface area contributed by atoms with Crippen LogP contribution in [0, 0.1) is 8.99 Å². The zero-order valence-electron chi connectivity index (χ0n) is 12.1. The highest BCUT2D eigenvalue weighted by molar-refractivity contribution is 14.1. The van der Waals surface area contributed by atoms with Crippen molar-refractivity contribution < 1.29 is 9.90 Å². The predicted molar refractivity (Wildman–Crippen MR) is 89.3 cm³/mol. The number of amides is 1. The van der Waals surface area contributed by atoms with Crippen LogP contribution in [-0.2, 0) is 0 Å². The van der Waals surface area contributed by atoms with Crippen molar-refractivity contribution in [2.45, 2.75) is 26.8 Å². The van der Waals surface area contributed by atoms with Gasteiger partial charge in [-0.15, -0.1) is 0 Å². The van der Waals surface area contributed by atoms with Crippen LogP contribution in [-0.4, -0.2) is 41.8 Å². The first kappa shape index (κ1) is 15.4. The van der Waals surface area contributed by atoms with Crippen LogP contribution in [0.15, 0.2) is 24.3 Å². The first-order valence-electron chi connectivity index (χ1n) is 6.79. The first-order chi connectivity index (χ1) is 9.29. The number of benzene rings is 1. The number of piperazine rings is 1. The van der Waals surface area contributed by atoms with Crippen LogP contribution >= 0.6 is 22.6 Å². The van der Waals surface area contributed by atoms with E-state index in [2.05, 4.69) is 72.5 Å². The third kappa shape index (κ3) is 3.37. The summed E-state index contributed by atoms with van der Waals surface area (Å²) in [5.41, 5.74) is 1.10. The third-order valence-corrected chi connectivity index (χ3v) is 4.54. The second-order valence-electron chi connectivity index (χ2n) is 6.28. The van der Waals surface area contributed by atoms with Gasteiger partial charge in [0.15, 0.2) is 0 Å². The Balaban J connectivity index is 2.20. The van der Waals surface area contributed by atoms with Crippen LogP contribution < -0.4 is 4.90 Å². The molecule has 1 saturated heterocycles. The Hall–Kier alpha value is -0.980. The quantitative estimate of drug-likeness (QED) is 0.749. The first-order valence-corrected chi connectivity index (χ1v) is 7.87. The summed E-state index contributed by atoms with van der Waals surface area (Å²) in [4.78, 5) is 15.3. The monoisotopic (exact) mass is 388 g/mol. The number of anilines is 1. The van der Waals surface area contributed by atoms with Gasteiger partial charge in [0, 0.05) is 28.9 Å². The fourth-order valence-corrected chi connectivity index (χ4v) is 3.00. The van der Waals surface area contributed by atoms with Gasteiger partial charge < -0.3 is 14.9 Å². The summed E-state index contributed by atoms with van der Waals surface area (Å²) in [6, 6.07) is 8.40. The smallest absolute Gasteiger partial charge is 0.407 e. The van der Waals surface area contributed by atoms with E-state index in [1.54, 1.807) is 4.90 Å². The maximum Gasteiger partial charge on any atom is 0.407 e. The summed E-state index contributed by atoms with van der Waals surface area (Å²) in [7, 11) is 0. The molecular formula is C15H21IN2O2. The number of halogens is 1. The molecule has 2 rings (SSSR count). The molecule has 1 amide bonds. The molecule has 1 aromatic carbocycles. The van der Waals surface area contributed by atoms with E-state index in [0.717, 1.165) is 13.1 Å². The van der Waals surface area contributed by atoms with Crippen LogP contribution in [0.1, 0.15) is 20.8 Å². The Morgan fingerprint density at radius 2 is 1.85 bits per heavy atom. The highest BCUT2D eigenvalue weighted by Crippen LogP contribution is 2.30. The molecular weight excluding hydrogens is 367 g/mol. The van der Waals surface area contributed by atoms with Gasteiger partial charge in [-0.3, -0.25) is 0 Å². The molecule has 4 nitrogen and oxygen atoms in total. The Kier molecular flexibility index (Phi) is 4.46. The summed E-state index contributed by atoms with van der Waals surface area (Å²) in [6.45, 7) is 8.36. The molecule has 0 saturated carbocycles. The minimum Gasteiger partial charge on any atom is -0.465 e. The van der Waals surface area contributed by atoms with Gasteiger partial charge in [-0.1, -0.05) is 20.8 Å². The maximum absolute atomic E-state index is 11.4. The molecule has 5 heteroatoms. The normalized spacial score (nSPS) is 20.1. The Labute approximate surface area is 133 Å². The molecule has 1 N–H and O–H groups in total. The van der Waals surface area contributed by atoms with Gasteiger partial charge in [-0.05, 0) is 52.3 Å². The molecule has 0 aromatic heterocycles. The van der Waals surface area contributed by atoms with Crippen molar-refractivity contribution in [3.8, 4) is 0 Å². The lowest BCUT2D eigenvalue weighted by Gasteiger charge is -2.46. The van der Waals surface area contributed by atoms with Gasteiger partial charge >= 0.3 is 6.09 Å². The molecule has 0 bridgehead atoms. The molecule has 0 spiro atoms. The molecule has 1 aromatic rings. The largest absolute Gasteiger partial charge is 0.465 e. The molecule has 1 heterocycles. The van der Waals surface area contributed by atoms with Crippen molar-refractivity contribution in [1.82, 2.24) is 4.90 Å². The van der Waals surface area contributed by atoms with E-state index in [0.29, 0.717) is 6.54 Å². The van der Waals surface area contributed by atoms with Gasteiger partial charge in [0.05, 0.1) is 6.04 Å². The van der Waals surface area contributed by atoms with E-state index < -0.39 is 6.09 Å². The zero-order chi connectivity index (χ0) is 14.9. The van der Waals surface area contributed by atoms with Crippen LogP contribution in [0.4, 0.5) is 10.5 Å². The molecule has 20 heavy (non-hydrogen) atoms. The van der Waals surface area contributed by atoms with Crippen molar-refractivity contribution in [1.29, 1.82) is 0 Å². The van der Waals surface area contributed by atoms with Crippen molar-refractivity contribution in [3.63, 3.8) is 0 Å². The Bertz CT molecular complexity index is 482. The molecule has 0 radical (unpaired) electrons. The number of hydrogen-bond donors (Lipinski definition) is 1. The maximum atomic E-state index is 11.4. The second kappa shape index (κ2) is 5.79. The van der Waals surface area contributed by atoms with E-state index in [1.807, 2.05) is 0 Å². The topological polar surface area (TPSA) is 43.8 Å². The number of rotatable bonds is 1. The lowest BCUT2D eigenvalue weighted by molar-refractivity contribution is 0.0748. The van der Waals surface area contributed by atoms with Crippen LogP contribution in [0.3, 0.4) is 0 Å². The highest BCUT2D eigenvalue weighted by Gasteiger charge is 2.37. The highest BCUT2D eigenvalue weighted by atomic mass is 127. The number of carbonyl (C=O) groups is 1. The minimum absolute atomic E-state index is 0.00743. The molecule has 1 unspecified atom stereocenters. The van der Waals surface area contributed by atoms with E-state index >= 15 is 0 Å². The van der Waals surface area contributed by atoms with Gasteiger partial charge in [0.1, 0.15) is 0 Å². The number of nitrogens with zero attached hydrogens (tertiary/aromatic N) is 2. The third-order valence-electron chi connectivity index (χ3n) is 3.82. The molecule has 1 fully saturated rings. The Morgan fingerprint density at radius 3 is 2.35 bits per heavy atom. The van der Waals surface area contributed by atoms with Crippen molar-refractivity contribution in [2.75, 3.05) is 24.5 Å². The summed E-state index contributed by atoms with van der Waals surface area (Å²) < 4.78 is 1.21. The number of carboxylic acid groups (broad SMARTS) is 1. The van der Waals surface area contributed by atoms with Gasteiger partial charge in [0.2, 0.25) is 0 Å². The van der Waals surface area contributed by atoms with Gasteiger partial charge in [-0.2, -0.15) is 0 Å². The van der Waals surface area contributed by atoms with Crippen LogP contribution in [0.5, 0.6) is 0 Å². The average Bonchev–Trinajstić information content (AvgIpc) is 2.38. The predicted octanol–water partition coefficient (Wildman–Crippen LogP) is 3.51. The number of hydrogen-bond acceptors (Lipinski definition) is 2. The minimum atomic E-state index is -0.813.